The van der Waals surface area contributed by atoms with Gasteiger partial charge in [-0.2, -0.15) is 0 Å². The van der Waals surface area contributed by atoms with E-state index < -0.39 is 5.60 Å². The molecular formula is C11H13BrO. The molecule has 2 atom stereocenters. The van der Waals surface area contributed by atoms with Crippen molar-refractivity contribution in [3.05, 3.63) is 33.8 Å². The van der Waals surface area contributed by atoms with Gasteiger partial charge in [0.1, 0.15) is 0 Å². The number of hydrogen-bond acceptors (Lipinski definition) is 1. The van der Waals surface area contributed by atoms with Crippen molar-refractivity contribution >= 4 is 15.9 Å². The number of benzene rings is 1. The van der Waals surface area contributed by atoms with Crippen molar-refractivity contribution in [1.82, 2.24) is 0 Å². The Labute approximate surface area is 86.9 Å². The largest absolute Gasteiger partial charge is 0.385 e. The maximum atomic E-state index is 10.1. The predicted octanol–water partition coefficient (Wildman–Crippen LogP) is 2.98. The second-order valence-corrected chi connectivity index (χ2v) is 4.90. The normalized spacial score (nSPS) is 31.8. The average molecular weight is 241 g/mol. The first kappa shape index (κ1) is 9.22. The van der Waals surface area contributed by atoms with Crippen molar-refractivity contribution in [1.29, 1.82) is 0 Å². The molecule has 2 rings (SSSR count). The van der Waals surface area contributed by atoms with Crippen LogP contribution >= 0.6 is 15.9 Å². The highest BCUT2D eigenvalue weighted by Crippen LogP contribution is 2.52. The standard InChI is InChI=1S/C11H13BrO/c1-7-5-9(12)3-4-10(7)11(13)6-8(11)2/h3-5,8,13H,6H2,1-2H3. The molecule has 0 aliphatic heterocycles. The number of rotatable bonds is 1. The molecule has 1 saturated carbocycles. The maximum absolute atomic E-state index is 10.1. The number of hydrogen-bond donors (Lipinski definition) is 1. The molecule has 2 unspecified atom stereocenters. The van der Waals surface area contributed by atoms with E-state index in [-0.39, 0.29) is 0 Å². The van der Waals surface area contributed by atoms with Crippen molar-refractivity contribution in [3.63, 3.8) is 0 Å². The van der Waals surface area contributed by atoms with E-state index in [4.69, 9.17) is 0 Å². The Balaban J connectivity index is 2.42. The fraction of sp³-hybridized carbons (Fsp3) is 0.455. The zero-order valence-electron chi connectivity index (χ0n) is 7.84. The summed E-state index contributed by atoms with van der Waals surface area (Å²) < 4.78 is 1.07. The van der Waals surface area contributed by atoms with Gasteiger partial charge in [0.05, 0.1) is 5.60 Å². The summed E-state index contributed by atoms with van der Waals surface area (Å²) in [5, 5.41) is 10.1. The van der Waals surface area contributed by atoms with Gasteiger partial charge in [-0.1, -0.05) is 28.9 Å². The van der Waals surface area contributed by atoms with E-state index in [2.05, 4.69) is 28.9 Å². The molecule has 1 N–H and O–H groups in total. The summed E-state index contributed by atoms with van der Waals surface area (Å²) >= 11 is 3.42. The molecule has 1 aliphatic rings. The number of halogens is 1. The van der Waals surface area contributed by atoms with Crippen molar-refractivity contribution < 1.29 is 5.11 Å². The molecule has 1 aromatic carbocycles. The number of aliphatic hydroxyl groups is 1. The summed E-state index contributed by atoms with van der Waals surface area (Å²) in [6.07, 6.45) is 0.898. The van der Waals surface area contributed by atoms with Gasteiger partial charge in [-0.25, -0.2) is 0 Å². The van der Waals surface area contributed by atoms with Gasteiger partial charge in [-0.3, -0.25) is 0 Å². The third-order valence-corrected chi connectivity index (χ3v) is 3.42. The molecule has 0 bridgehead atoms. The quantitative estimate of drug-likeness (QED) is 0.801. The zero-order valence-corrected chi connectivity index (χ0v) is 9.43. The highest BCUT2D eigenvalue weighted by molar-refractivity contribution is 9.10. The third kappa shape index (κ3) is 1.42. The summed E-state index contributed by atoms with van der Waals surface area (Å²) in [5.41, 5.74) is 1.72. The molecule has 0 aromatic heterocycles. The van der Waals surface area contributed by atoms with E-state index in [1.807, 2.05) is 19.1 Å². The fourth-order valence-electron chi connectivity index (χ4n) is 1.90. The van der Waals surface area contributed by atoms with Crippen LogP contribution in [0.15, 0.2) is 22.7 Å². The van der Waals surface area contributed by atoms with Crippen molar-refractivity contribution in [2.24, 2.45) is 5.92 Å². The highest BCUT2D eigenvalue weighted by Gasteiger charge is 2.51. The van der Waals surface area contributed by atoms with Crippen LogP contribution in [0, 0.1) is 12.8 Å². The molecule has 0 radical (unpaired) electrons. The van der Waals surface area contributed by atoms with Gasteiger partial charge in [-0.05, 0) is 42.5 Å². The van der Waals surface area contributed by atoms with Crippen LogP contribution < -0.4 is 0 Å². The Morgan fingerprint density at radius 2 is 2.15 bits per heavy atom. The molecule has 0 heterocycles. The molecule has 2 heteroatoms. The van der Waals surface area contributed by atoms with Crippen LogP contribution in [0.4, 0.5) is 0 Å². The summed E-state index contributed by atoms with van der Waals surface area (Å²) in [4.78, 5) is 0. The highest BCUT2D eigenvalue weighted by atomic mass is 79.9. The zero-order chi connectivity index (χ0) is 9.64. The molecular weight excluding hydrogens is 228 g/mol. The SMILES string of the molecule is Cc1cc(Br)ccc1C1(O)CC1C. The lowest BCUT2D eigenvalue weighted by Crippen LogP contribution is -2.09. The smallest absolute Gasteiger partial charge is 0.0929 e. The van der Waals surface area contributed by atoms with E-state index in [1.165, 1.54) is 5.56 Å². The molecule has 1 nitrogen and oxygen atoms in total. The van der Waals surface area contributed by atoms with Crippen LogP contribution in [-0.2, 0) is 5.60 Å². The lowest BCUT2D eigenvalue weighted by Gasteiger charge is -2.13. The molecule has 0 spiro atoms. The van der Waals surface area contributed by atoms with Crippen LogP contribution in [-0.4, -0.2) is 5.11 Å². The Morgan fingerprint density at radius 1 is 1.54 bits per heavy atom. The first-order valence-electron chi connectivity index (χ1n) is 4.53. The van der Waals surface area contributed by atoms with E-state index >= 15 is 0 Å². The lowest BCUT2D eigenvalue weighted by molar-refractivity contribution is 0.134. The fourth-order valence-corrected chi connectivity index (χ4v) is 2.37. The van der Waals surface area contributed by atoms with Crippen LogP contribution in [0.2, 0.25) is 0 Å². The first-order valence-corrected chi connectivity index (χ1v) is 5.32. The second kappa shape index (κ2) is 2.82. The average Bonchev–Trinajstić information content (AvgIpc) is 2.59. The molecule has 0 amide bonds. The van der Waals surface area contributed by atoms with Crippen LogP contribution in [0.25, 0.3) is 0 Å². The van der Waals surface area contributed by atoms with Crippen LogP contribution in [0.3, 0.4) is 0 Å². The summed E-state index contributed by atoms with van der Waals surface area (Å²) in [5.74, 6) is 0.410. The molecule has 1 fully saturated rings. The Hall–Kier alpha value is -0.340. The van der Waals surface area contributed by atoms with Crippen LogP contribution in [0.1, 0.15) is 24.5 Å². The number of aryl methyl sites for hydroxylation is 1. The van der Waals surface area contributed by atoms with Crippen LogP contribution in [0.5, 0.6) is 0 Å². The molecule has 1 aromatic rings. The second-order valence-electron chi connectivity index (χ2n) is 3.99. The summed E-state index contributed by atoms with van der Waals surface area (Å²) in [6.45, 7) is 4.13. The Morgan fingerprint density at radius 3 is 2.62 bits per heavy atom. The first-order chi connectivity index (χ1) is 6.04. The molecule has 0 saturated heterocycles. The molecule has 1 aliphatic carbocycles. The maximum Gasteiger partial charge on any atom is 0.0929 e. The van der Waals surface area contributed by atoms with E-state index in [0.717, 1.165) is 16.5 Å². The van der Waals surface area contributed by atoms with Gasteiger partial charge in [0.25, 0.3) is 0 Å². The van der Waals surface area contributed by atoms with Gasteiger partial charge in [-0.15, -0.1) is 0 Å². The Bertz CT molecular complexity index is 348. The van der Waals surface area contributed by atoms with Gasteiger partial charge >= 0.3 is 0 Å². The predicted molar refractivity (Wildman–Crippen MR) is 56.6 cm³/mol. The minimum atomic E-state index is -0.537. The monoisotopic (exact) mass is 240 g/mol. The summed E-state index contributed by atoms with van der Waals surface area (Å²) in [6, 6.07) is 6.06. The lowest BCUT2D eigenvalue weighted by atomic mass is 10.0. The third-order valence-electron chi connectivity index (χ3n) is 2.93. The topological polar surface area (TPSA) is 20.2 Å². The van der Waals surface area contributed by atoms with Crippen molar-refractivity contribution in [2.75, 3.05) is 0 Å². The van der Waals surface area contributed by atoms with E-state index in [1.54, 1.807) is 0 Å². The minimum absolute atomic E-state index is 0.410. The van der Waals surface area contributed by atoms with Gasteiger partial charge in [0.15, 0.2) is 0 Å². The molecule has 70 valence electrons. The Kier molecular flexibility index (Phi) is 2.00. The van der Waals surface area contributed by atoms with Gasteiger partial charge < -0.3 is 5.11 Å². The van der Waals surface area contributed by atoms with E-state index in [0.29, 0.717) is 5.92 Å². The van der Waals surface area contributed by atoms with Gasteiger partial charge in [0, 0.05) is 4.47 Å². The van der Waals surface area contributed by atoms with E-state index in [9.17, 15) is 5.11 Å². The summed E-state index contributed by atoms with van der Waals surface area (Å²) in [7, 11) is 0. The van der Waals surface area contributed by atoms with Crippen molar-refractivity contribution in [2.45, 2.75) is 25.9 Å². The molecule has 13 heavy (non-hydrogen) atoms. The minimum Gasteiger partial charge on any atom is -0.385 e. The van der Waals surface area contributed by atoms with Gasteiger partial charge in [0.2, 0.25) is 0 Å². The van der Waals surface area contributed by atoms with Crippen molar-refractivity contribution in [3.8, 4) is 0 Å².